The molecule has 0 aliphatic carbocycles. The summed E-state index contributed by atoms with van der Waals surface area (Å²) in [4.78, 5) is 14.4. The number of carbonyl (C=O) groups excluding carboxylic acids is 1. The van der Waals surface area contributed by atoms with E-state index in [1.165, 1.54) is 6.07 Å². The van der Waals surface area contributed by atoms with Crippen LogP contribution >= 0.6 is 0 Å². The Kier molecular flexibility index (Phi) is 4.18. The maximum atomic E-state index is 12.3. The zero-order valence-electron chi connectivity index (χ0n) is 12.3. The van der Waals surface area contributed by atoms with E-state index < -0.39 is 11.6 Å². The van der Waals surface area contributed by atoms with E-state index in [-0.39, 0.29) is 11.3 Å². The zero-order chi connectivity index (χ0) is 14.8. The first-order chi connectivity index (χ1) is 9.38. The van der Waals surface area contributed by atoms with Gasteiger partial charge in [0.05, 0.1) is 5.69 Å². The second kappa shape index (κ2) is 5.71. The van der Waals surface area contributed by atoms with Crippen molar-refractivity contribution in [1.82, 2.24) is 5.32 Å². The van der Waals surface area contributed by atoms with E-state index >= 15 is 0 Å². The van der Waals surface area contributed by atoms with Crippen LogP contribution in [0.2, 0.25) is 0 Å². The van der Waals surface area contributed by atoms with Crippen molar-refractivity contribution in [3.8, 4) is 5.75 Å². The third-order valence-corrected chi connectivity index (χ3v) is 3.08. The highest BCUT2D eigenvalue weighted by Crippen LogP contribution is 2.30. The van der Waals surface area contributed by atoms with Gasteiger partial charge in [-0.05, 0) is 32.9 Å². The number of rotatable bonds is 2. The number of anilines is 1. The third-order valence-electron chi connectivity index (χ3n) is 3.08. The number of piperazine rings is 1. The summed E-state index contributed by atoms with van der Waals surface area (Å²) in [6.07, 6.45) is 0. The summed E-state index contributed by atoms with van der Waals surface area (Å²) in [5, 5.41) is 13.3. The highest BCUT2D eigenvalue weighted by atomic mass is 16.6. The molecule has 1 fully saturated rings. The van der Waals surface area contributed by atoms with Gasteiger partial charge in [0.25, 0.3) is 0 Å². The number of aromatic hydroxyl groups is 1. The van der Waals surface area contributed by atoms with Crippen molar-refractivity contribution in [3.63, 3.8) is 0 Å². The van der Waals surface area contributed by atoms with Gasteiger partial charge in [-0.15, -0.1) is 0 Å². The monoisotopic (exact) mass is 278 g/mol. The smallest absolute Gasteiger partial charge is 0.344 e. The molecular formula is C15H22N2O3. The second-order valence-electron chi connectivity index (χ2n) is 5.91. The Morgan fingerprint density at radius 3 is 2.55 bits per heavy atom. The van der Waals surface area contributed by atoms with Crippen LogP contribution in [0.4, 0.5) is 5.69 Å². The molecule has 0 spiro atoms. The van der Waals surface area contributed by atoms with E-state index in [2.05, 4.69) is 10.2 Å². The van der Waals surface area contributed by atoms with Crippen LogP contribution in [-0.2, 0) is 4.74 Å². The highest BCUT2D eigenvalue weighted by molar-refractivity contribution is 5.99. The van der Waals surface area contributed by atoms with Crippen molar-refractivity contribution < 1.29 is 14.6 Å². The Labute approximate surface area is 119 Å². The average Bonchev–Trinajstić information content (AvgIpc) is 2.37. The number of nitrogens with zero attached hydrogens (tertiary/aromatic N) is 1. The van der Waals surface area contributed by atoms with Gasteiger partial charge in [-0.1, -0.05) is 6.07 Å². The van der Waals surface area contributed by atoms with Crippen LogP contribution in [0, 0.1) is 0 Å². The Balaban J connectivity index is 2.33. The minimum Gasteiger partial charge on any atom is -0.507 e. The van der Waals surface area contributed by atoms with Gasteiger partial charge >= 0.3 is 5.97 Å². The van der Waals surface area contributed by atoms with Gasteiger partial charge in [-0.3, -0.25) is 0 Å². The summed E-state index contributed by atoms with van der Waals surface area (Å²) >= 11 is 0. The van der Waals surface area contributed by atoms with Gasteiger partial charge < -0.3 is 20.1 Å². The standard InChI is InChI=1S/C15H22N2O3/c1-15(2,3)20-14(19)13-11(5-4-6-12(13)18)17-9-7-16-8-10-17/h4-6,16,18H,7-10H2,1-3H3. The summed E-state index contributed by atoms with van der Waals surface area (Å²) < 4.78 is 5.39. The molecule has 1 heterocycles. The molecule has 0 bridgehead atoms. The molecule has 0 radical (unpaired) electrons. The highest BCUT2D eigenvalue weighted by Gasteiger charge is 2.26. The third kappa shape index (κ3) is 3.42. The number of hydrogen-bond acceptors (Lipinski definition) is 5. The fourth-order valence-corrected chi connectivity index (χ4v) is 2.24. The summed E-state index contributed by atoms with van der Waals surface area (Å²) in [5.41, 5.74) is 0.408. The van der Waals surface area contributed by atoms with Crippen molar-refractivity contribution in [1.29, 1.82) is 0 Å². The maximum Gasteiger partial charge on any atom is 0.344 e. The molecular weight excluding hydrogens is 256 g/mol. The molecule has 1 aromatic carbocycles. The number of nitrogens with one attached hydrogen (secondary N) is 1. The summed E-state index contributed by atoms with van der Waals surface area (Å²) in [6, 6.07) is 5.12. The molecule has 0 saturated carbocycles. The van der Waals surface area contributed by atoms with Crippen molar-refractivity contribution in [3.05, 3.63) is 23.8 Å². The maximum absolute atomic E-state index is 12.3. The first-order valence-electron chi connectivity index (χ1n) is 6.89. The topological polar surface area (TPSA) is 61.8 Å². The molecule has 5 heteroatoms. The Morgan fingerprint density at radius 2 is 1.95 bits per heavy atom. The van der Waals surface area contributed by atoms with Gasteiger partial charge in [-0.25, -0.2) is 4.79 Å². The van der Waals surface area contributed by atoms with Crippen molar-refractivity contribution in [2.24, 2.45) is 0 Å². The first-order valence-corrected chi connectivity index (χ1v) is 6.89. The van der Waals surface area contributed by atoms with Crippen LogP contribution in [-0.4, -0.2) is 42.9 Å². The number of carbonyl (C=O) groups is 1. The molecule has 2 rings (SSSR count). The van der Waals surface area contributed by atoms with Gasteiger partial charge in [0.1, 0.15) is 16.9 Å². The van der Waals surface area contributed by atoms with Crippen molar-refractivity contribution in [2.45, 2.75) is 26.4 Å². The Hall–Kier alpha value is -1.75. The van der Waals surface area contributed by atoms with E-state index in [9.17, 15) is 9.90 Å². The van der Waals surface area contributed by atoms with E-state index in [0.29, 0.717) is 0 Å². The average molecular weight is 278 g/mol. The minimum absolute atomic E-state index is 0.0321. The quantitative estimate of drug-likeness (QED) is 0.807. The molecule has 2 N–H and O–H groups in total. The fourth-order valence-electron chi connectivity index (χ4n) is 2.24. The predicted octanol–water partition coefficient (Wildman–Crippen LogP) is 1.76. The van der Waals surface area contributed by atoms with Crippen LogP contribution in [0.25, 0.3) is 0 Å². The lowest BCUT2D eigenvalue weighted by atomic mass is 10.1. The molecule has 1 aliphatic heterocycles. The van der Waals surface area contributed by atoms with Gasteiger partial charge in [0, 0.05) is 26.2 Å². The molecule has 1 aromatic rings. The summed E-state index contributed by atoms with van der Waals surface area (Å²) in [5.74, 6) is -0.514. The summed E-state index contributed by atoms with van der Waals surface area (Å²) in [7, 11) is 0. The van der Waals surface area contributed by atoms with Gasteiger partial charge in [-0.2, -0.15) is 0 Å². The normalized spacial score (nSPS) is 16.1. The number of hydrogen-bond donors (Lipinski definition) is 2. The molecule has 110 valence electrons. The first kappa shape index (κ1) is 14.7. The van der Waals surface area contributed by atoms with Crippen LogP contribution in [0.15, 0.2) is 18.2 Å². The van der Waals surface area contributed by atoms with Crippen LogP contribution in [0.3, 0.4) is 0 Å². The Bertz CT molecular complexity index is 488. The fraction of sp³-hybridized carbons (Fsp3) is 0.533. The minimum atomic E-state index is -0.583. The molecule has 1 aliphatic rings. The van der Waals surface area contributed by atoms with E-state index in [0.717, 1.165) is 31.9 Å². The largest absolute Gasteiger partial charge is 0.507 e. The Morgan fingerprint density at radius 1 is 1.30 bits per heavy atom. The zero-order valence-corrected chi connectivity index (χ0v) is 12.3. The van der Waals surface area contributed by atoms with Crippen LogP contribution in [0.1, 0.15) is 31.1 Å². The summed E-state index contributed by atoms with van der Waals surface area (Å²) in [6.45, 7) is 8.78. The molecule has 20 heavy (non-hydrogen) atoms. The molecule has 0 atom stereocenters. The lowest BCUT2D eigenvalue weighted by Crippen LogP contribution is -2.44. The molecule has 5 nitrogen and oxygen atoms in total. The predicted molar refractivity (Wildman–Crippen MR) is 78.4 cm³/mol. The number of phenolic OH excluding ortho intramolecular Hbond substituents is 1. The van der Waals surface area contributed by atoms with E-state index in [4.69, 9.17) is 4.74 Å². The van der Waals surface area contributed by atoms with E-state index in [1.807, 2.05) is 26.8 Å². The lowest BCUT2D eigenvalue weighted by molar-refractivity contribution is 0.00676. The lowest BCUT2D eigenvalue weighted by Gasteiger charge is -2.31. The number of phenols is 1. The van der Waals surface area contributed by atoms with Crippen LogP contribution in [0.5, 0.6) is 5.75 Å². The molecule has 0 unspecified atom stereocenters. The SMILES string of the molecule is CC(C)(C)OC(=O)c1c(O)cccc1N1CCNCC1. The number of ether oxygens (including phenoxy) is 1. The van der Waals surface area contributed by atoms with Crippen LogP contribution < -0.4 is 10.2 Å². The van der Waals surface area contributed by atoms with E-state index in [1.54, 1.807) is 6.07 Å². The molecule has 0 amide bonds. The number of esters is 1. The van der Waals surface area contributed by atoms with Crippen molar-refractivity contribution >= 4 is 11.7 Å². The van der Waals surface area contributed by atoms with Crippen molar-refractivity contribution in [2.75, 3.05) is 31.1 Å². The molecule has 1 saturated heterocycles. The molecule has 0 aromatic heterocycles. The van der Waals surface area contributed by atoms with Gasteiger partial charge in [0.2, 0.25) is 0 Å². The second-order valence-corrected chi connectivity index (χ2v) is 5.91. The van der Waals surface area contributed by atoms with Gasteiger partial charge in [0.15, 0.2) is 0 Å². The number of benzene rings is 1.